The van der Waals surface area contributed by atoms with Gasteiger partial charge >= 0.3 is 0 Å². The van der Waals surface area contributed by atoms with Crippen molar-refractivity contribution in [3.05, 3.63) is 12.4 Å². The molecule has 1 aromatic rings. The van der Waals surface area contributed by atoms with Crippen LogP contribution in [-0.2, 0) is 17.1 Å². The van der Waals surface area contributed by atoms with Crippen molar-refractivity contribution in [2.24, 2.45) is 18.7 Å². The molecule has 2 heterocycles. The minimum Gasteiger partial charge on any atom is -0.330 e. The molecule has 6 nitrogen and oxygen atoms in total. The monoisotopic (exact) mass is 258 g/mol. The molecule has 1 unspecified atom stereocenters. The van der Waals surface area contributed by atoms with E-state index < -0.39 is 10.0 Å². The first kappa shape index (κ1) is 12.5. The Hall–Kier alpha value is -0.920. The molecule has 1 aromatic heterocycles. The number of aromatic nitrogens is 2. The van der Waals surface area contributed by atoms with E-state index in [0.29, 0.717) is 19.6 Å². The smallest absolute Gasteiger partial charge is 0.246 e. The fourth-order valence-electron chi connectivity index (χ4n) is 2.12. The summed E-state index contributed by atoms with van der Waals surface area (Å²) < 4.78 is 27.6. The summed E-state index contributed by atoms with van der Waals surface area (Å²) in [6, 6.07) is 0. The molecule has 1 saturated heterocycles. The van der Waals surface area contributed by atoms with Crippen LogP contribution in [0.5, 0.6) is 0 Å². The summed E-state index contributed by atoms with van der Waals surface area (Å²) in [4.78, 5) is 0.262. The normalized spacial score (nSPS) is 22.8. The lowest BCUT2D eigenvalue weighted by molar-refractivity contribution is 0.271. The van der Waals surface area contributed by atoms with E-state index in [4.69, 9.17) is 5.73 Å². The van der Waals surface area contributed by atoms with E-state index >= 15 is 0 Å². The summed E-state index contributed by atoms with van der Waals surface area (Å²) >= 11 is 0. The molecule has 96 valence electrons. The number of nitrogens with zero attached hydrogens (tertiary/aromatic N) is 3. The second kappa shape index (κ2) is 4.75. The summed E-state index contributed by atoms with van der Waals surface area (Å²) in [6.07, 6.45) is 4.81. The van der Waals surface area contributed by atoms with E-state index in [1.807, 2.05) is 0 Å². The zero-order valence-corrected chi connectivity index (χ0v) is 10.7. The fraction of sp³-hybridized carbons (Fsp3) is 0.700. The minimum absolute atomic E-state index is 0.262. The average Bonchev–Trinajstić information content (AvgIpc) is 2.76. The number of aryl methyl sites for hydroxylation is 1. The highest BCUT2D eigenvalue weighted by molar-refractivity contribution is 7.89. The van der Waals surface area contributed by atoms with Crippen LogP contribution in [-0.4, -0.2) is 42.1 Å². The van der Waals surface area contributed by atoms with Gasteiger partial charge in [-0.15, -0.1) is 0 Å². The van der Waals surface area contributed by atoms with Crippen LogP contribution in [0.4, 0.5) is 0 Å². The predicted molar refractivity (Wildman–Crippen MR) is 63.7 cm³/mol. The van der Waals surface area contributed by atoms with Crippen LogP contribution >= 0.6 is 0 Å². The second-order valence-corrected chi connectivity index (χ2v) is 6.39. The third-order valence-electron chi connectivity index (χ3n) is 3.13. The molecule has 0 aliphatic carbocycles. The highest BCUT2D eigenvalue weighted by atomic mass is 32.2. The van der Waals surface area contributed by atoms with Gasteiger partial charge in [-0.1, -0.05) is 0 Å². The van der Waals surface area contributed by atoms with Crippen LogP contribution in [0.2, 0.25) is 0 Å². The maximum atomic E-state index is 12.3. The van der Waals surface area contributed by atoms with E-state index in [1.165, 1.54) is 21.4 Å². The SMILES string of the molecule is Cn1cc(S(=O)(=O)N2CCCC(CN)C2)cn1. The molecule has 7 heteroatoms. The Morgan fingerprint density at radius 3 is 2.94 bits per heavy atom. The standard InChI is InChI=1S/C10H18N4O2S/c1-13-8-10(6-12-13)17(15,16)14-4-2-3-9(5-11)7-14/h6,8-9H,2-5,7,11H2,1H3. The van der Waals surface area contributed by atoms with Crippen LogP contribution in [0.3, 0.4) is 0 Å². The van der Waals surface area contributed by atoms with Gasteiger partial charge in [-0.05, 0) is 25.3 Å². The Morgan fingerprint density at radius 1 is 1.59 bits per heavy atom. The van der Waals surface area contributed by atoms with Crippen molar-refractivity contribution in [2.45, 2.75) is 17.7 Å². The Kier molecular flexibility index (Phi) is 3.50. The largest absolute Gasteiger partial charge is 0.330 e. The zero-order valence-electron chi connectivity index (χ0n) is 9.91. The topological polar surface area (TPSA) is 81.2 Å². The van der Waals surface area contributed by atoms with Gasteiger partial charge in [0.25, 0.3) is 0 Å². The Bertz CT molecular complexity index is 482. The zero-order chi connectivity index (χ0) is 12.5. The molecule has 1 aliphatic rings. The molecular weight excluding hydrogens is 240 g/mol. The van der Waals surface area contributed by atoms with Crippen molar-refractivity contribution < 1.29 is 8.42 Å². The van der Waals surface area contributed by atoms with Crippen molar-refractivity contribution in [3.63, 3.8) is 0 Å². The van der Waals surface area contributed by atoms with E-state index in [-0.39, 0.29) is 10.8 Å². The molecular formula is C10H18N4O2S. The first-order valence-corrected chi connectivity index (χ1v) is 7.17. The molecule has 1 atom stereocenters. The minimum atomic E-state index is -3.39. The third-order valence-corrected chi connectivity index (χ3v) is 4.95. The van der Waals surface area contributed by atoms with Crippen molar-refractivity contribution in [1.29, 1.82) is 0 Å². The lowest BCUT2D eigenvalue weighted by atomic mass is 10.0. The molecule has 1 aliphatic heterocycles. The number of rotatable bonds is 3. The molecule has 1 fully saturated rings. The number of piperidine rings is 1. The van der Waals surface area contributed by atoms with Gasteiger partial charge in [0.15, 0.2) is 0 Å². The lowest BCUT2D eigenvalue weighted by Gasteiger charge is -2.30. The highest BCUT2D eigenvalue weighted by Crippen LogP contribution is 2.22. The third kappa shape index (κ3) is 2.51. The quantitative estimate of drug-likeness (QED) is 0.812. The van der Waals surface area contributed by atoms with Crippen LogP contribution in [0.15, 0.2) is 17.3 Å². The molecule has 0 saturated carbocycles. The summed E-state index contributed by atoms with van der Waals surface area (Å²) in [5.41, 5.74) is 5.61. The van der Waals surface area contributed by atoms with E-state index in [2.05, 4.69) is 5.10 Å². The number of sulfonamides is 1. The maximum Gasteiger partial charge on any atom is 0.246 e. The molecule has 0 spiro atoms. The van der Waals surface area contributed by atoms with Gasteiger partial charge < -0.3 is 5.73 Å². The van der Waals surface area contributed by atoms with Gasteiger partial charge in [0.1, 0.15) is 4.90 Å². The first-order valence-electron chi connectivity index (χ1n) is 5.73. The van der Waals surface area contributed by atoms with Crippen molar-refractivity contribution in [2.75, 3.05) is 19.6 Å². The van der Waals surface area contributed by atoms with Crippen LogP contribution in [0, 0.1) is 5.92 Å². The van der Waals surface area contributed by atoms with Crippen LogP contribution in [0.1, 0.15) is 12.8 Å². The van der Waals surface area contributed by atoms with Crippen molar-refractivity contribution in [1.82, 2.24) is 14.1 Å². The highest BCUT2D eigenvalue weighted by Gasteiger charge is 2.30. The predicted octanol–water partition coefficient (Wildman–Crippen LogP) is -0.220. The van der Waals surface area contributed by atoms with Crippen LogP contribution in [0.25, 0.3) is 0 Å². The Morgan fingerprint density at radius 2 is 2.35 bits per heavy atom. The fourth-order valence-corrected chi connectivity index (χ4v) is 3.66. The first-order chi connectivity index (χ1) is 8.04. The molecule has 0 bridgehead atoms. The van der Waals surface area contributed by atoms with E-state index in [0.717, 1.165) is 12.8 Å². The Balaban J connectivity index is 2.21. The number of hydrogen-bond donors (Lipinski definition) is 1. The van der Waals surface area contributed by atoms with Gasteiger partial charge in [-0.3, -0.25) is 4.68 Å². The van der Waals surface area contributed by atoms with Gasteiger partial charge in [0.2, 0.25) is 10.0 Å². The average molecular weight is 258 g/mol. The molecule has 17 heavy (non-hydrogen) atoms. The number of nitrogens with two attached hydrogens (primary N) is 1. The summed E-state index contributed by atoms with van der Waals surface area (Å²) in [7, 11) is -1.68. The molecule has 2 rings (SSSR count). The summed E-state index contributed by atoms with van der Waals surface area (Å²) in [5, 5.41) is 3.90. The molecule has 0 radical (unpaired) electrons. The van der Waals surface area contributed by atoms with E-state index in [9.17, 15) is 8.42 Å². The lowest BCUT2D eigenvalue weighted by Crippen LogP contribution is -2.41. The Labute approximate surface area is 101 Å². The number of hydrogen-bond acceptors (Lipinski definition) is 4. The van der Waals surface area contributed by atoms with Crippen molar-refractivity contribution in [3.8, 4) is 0 Å². The molecule has 2 N–H and O–H groups in total. The van der Waals surface area contributed by atoms with Gasteiger partial charge in [0.05, 0.1) is 6.20 Å². The summed E-state index contributed by atoms with van der Waals surface area (Å²) in [6.45, 7) is 1.64. The van der Waals surface area contributed by atoms with Crippen molar-refractivity contribution >= 4 is 10.0 Å². The maximum absolute atomic E-state index is 12.3. The van der Waals surface area contributed by atoms with Gasteiger partial charge in [0, 0.05) is 26.3 Å². The summed E-state index contributed by atoms with van der Waals surface area (Å²) in [5.74, 6) is 0.273. The molecule has 0 amide bonds. The van der Waals surface area contributed by atoms with Gasteiger partial charge in [-0.2, -0.15) is 9.40 Å². The second-order valence-electron chi connectivity index (χ2n) is 4.46. The molecule has 0 aromatic carbocycles. The van der Waals surface area contributed by atoms with Crippen LogP contribution < -0.4 is 5.73 Å². The van der Waals surface area contributed by atoms with E-state index in [1.54, 1.807) is 7.05 Å². The van der Waals surface area contributed by atoms with Gasteiger partial charge in [-0.25, -0.2) is 8.42 Å².